The molecule has 0 aliphatic carbocycles. The van der Waals surface area contributed by atoms with Gasteiger partial charge in [0.05, 0.1) is 35.2 Å². The molecular weight excluding hydrogens is 424 g/mol. The van der Waals surface area contributed by atoms with Crippen LogP contribution in [0.4, 0.5) is 17.1 Å². The summed E-state index contributed by atoms with van der Waals surface area (Å²) in [5.41, 5.74) is 1.17. The van der Waals surface area contributed by atoms with Crippen LogP contribution in [-0.4, -0.2) is 27.8 Å². The van der Waals surface area contributed by atoms with E-state index in [1.165, 1.54) is 13.2 Å². The second kappa shape index (κ2) is 8.03. The van der Waals surface area contributed by atoms with E-state index < -0.39 is 26.5 Å². The first-order chi connectivity index (χ1) is 14.9. The predicted molar refractivity (Wildman–Crippen MR) is 116 cm³/mol. The maximum absolute atomic E-state index is 12.4. The molecule has 11 heteroatoms. The molecule has 0 radical (unpaired) electrons. The third-order valence-corrected chi connectivity index (χ3v) is 5.51. The van der Waals surface area contributed by atoms with Crippen molar-refractivity contribution in [3.8, 4) is 10.8 Å². The number of ether oxygens (including phenoxy) is 1. The zero-order valence-corrected chi connectivity index (χ0v) is 16.9. The molecule has 0 fully saturated rings. The Morgan fingerprint density at radius 1 is 1.26 bits per heavy atom. The molecule has 0 amide bonds. The van der Waals surface area contributed by atoms with Gasteiger partial charge in [-0.1, -0.05) is 12.1 Å². The molecule has 0 spiro atoms. The lowest BCUT2D eigenvalue weighted by Gasteiger charge is -2.20. The summed E-state index contributed by atoms with van der Waals surface area (Å²) in [5.74, 6) is 0.0962. The van der Waals surface area contributed by atoms with E-state index in [0.29, 0.717) is 28.3 Å². The van der Waals surface area contributed by atoms with Crippen LogP contribution in [0.3, 0.4) is 0 Å². The first-order valence-electron chi connectivity index (χ1n) is 9.09. The van der Waals surface area contributed by atoms with Gasteiger partial charge in [0.1, 0.15) is 5.56 Å². The van der Waals surface area contributed by atoms with Crippen molar-refractivity contribution < 1.29 is 14.8 Å². The van der Waals surface area contributed by atoms with Crippen LogP contribution in [0.1, 0.15) is 23.6 Å². The summed E-state index contributed by atoms with van der Waals surface area (Å²) >= 11 is 0.511. The van der Waals surface area contributed by atoms with E-state index in [1.54, 1.807) is 24.3 Å². The Bertz CT molecular complexity index is 1330. The fourth-order valence-corrected chi connectivity index (χ4v) is 4.04. The summed E-state index contributed by atoms with van der Waals surface area (Å²) in [6.07, 6.45) is 0.164. The normalized spacial score (nSPS) is 15.3. The van der Waals surface area contributed by atoms with E-state index in [0.717, 1.165) is 0 Å². The van der Waals surface area contributed by atoms with Crippen molar-refractivity contribution in [3.05, 3.63) is 83.7 Å². The zero-order chi connectivity index (χ0) is 22.1. The maximum Gasteiger partial charge on any atom is 0.310 e. The molecule has 1 aliphatic heterocycles. The molecular formula is C20H16N4O6S. The van der Waals surface area contributed by atoms with Crippen molar-refractivity contribution >= 4 is 34.1 Å². The molecule has 3 aromatic rings. The maximum atomic E-state index is 12.4. The first kappa shape index (κ1) is 20.3. The molecule has 4 rings (SSSR count). The van der Waals surface area contributed by atoms with E-state index in [-0.39, 0.29) is 29.1 Å². The van der Waals surface area contributed by atoms with E-state index in [2.05, 4.69) is 15.3 Å². The summed E-state index contributed by atoms with van der Waals surface area (Å²) in [4.78, 5) is 40.7. The average molecular weight is 440 g/mol. The van der Waals surface area contributed by atoms with Gasteiger partial charge in [-0.15, -0.1) is 0 Å². The molecule has 0 bridgehead atoms. The van der Waals surface area contributed by atoms with Crippen LogP contribution in [0, 0.1) is 10.1 Å². The van der Waals surface area contributed by atoms with Crippen molar-refractivity contribution in [1.82, 2.24) is 4.98 Å². The first-order valence-corrected chi connectivity index (χ1v) is 9.91. The highest BCUT2D eigenvalue weighted by molar-refractivity contribution is 7.11. The number of nitrogens with one attached hydrogen (secondary N) is 2. The number of rotatable bonds is 4. The summed E-state index contributed by atoms with van der Waals surface area (Å²) < 4.78 is 5.17. The lowest BCUT2D eigenvalue weighted by atomic mass is 9.98. The summed E-state index contributed by atoms with van der Waals surface area (Å²) in [7, 11) is 1.35. The number of para-hydroxylation sites is 2. The van der Waals surface area contributed by atoms with Gasteiger partial charge in [0.2, 0.25) is 0 Å². The van der Waals surface area contributed by atoms with Crippen LogP contribution in [0.15, 0.2) is 57.0 Å². The molecule has 2 aromatic carbocycles. The molecule has 0 saturated carbocycles. The smallest absolute Gasteiger partial charge is 0.310 e. The highest BCUT2D eigenvalue weighted by atomic mass is 32.1. The van der Waals surface area contributed by atoms with Crippen molar-refractivity contribution in [2.24, 2.45) is 4.99 Å². The van der Waals surface area contributed by atoms with Crippen LogP contribution in [0.2, 0.25) is 0 Å². The minimum absolute atomic E-state index is 0.0815. The van der Waals surface area contributed by atoms with Crippen molar-refractivity contribution in [2.45, 2.75) is 12.5 Å². The summed E-state index contributed by atoms with van der Waals surface area (Å²) in [6.45, 7) is 0. The Kier molecular flexibility index (Phi) is 5.26. The van der Waals surface area contributed by atoms with E-state index in [9.17, 15) is 24.8 Å². The van der Waals surface area contributed by atoms with Gasteiger partial charge in [0.15, 0.2) is 10.8 Å². The van der Waals surface area contributed by atoms with Crippen molar-refractivity contribution in [3.63, 3.8) is 0 Å². The Morgan fingerprint density at radius 2 is 2.03 bits per heavy atom. The quantitative estimate of drug-likeness (QED) is 0.417. The topological polar surface area (TPSA) is 147 Å². The second-order valence-corrected chi connectivity index (χ2v) is 7.65. The second-order valence-electron chi connectivity index (χ2n) is 6.69. The number of nitrogens with zero attached hydrogens (tertiary/aromatic N) is 2. The Labute approximate surface area is 178 Å². The number of fused-ring (bicyclic) bond motifs is 1. The van der Waals surface area contributed by atoms with Crippen LogP contribution in [0.5, 0.6) is 10.8 Å². The zero-order valence-electron chi connectivity index (χ0n) is 16.1. The highest BCUT2D eigenvalue weighted by Gasteiger charge is 2.26. The largest absolute Gasteiger partial charge is 0.499 e. The number of nitro benzene ring substituents is 1. The Hall–Kier alpha value is -3.99. The van der Waals surface area contributed by atoms with Gasteiger partial charge in [-0.2, -0.15) is 0 Å². The molecule has 2 heterocycles. The molecule has 1 atom stereocenters. The SMILES string of the molecule is COc1cc(C2CC(c3c(O)sc(=O)[nH]c3=O)=Nc3ccccc3N2)ccc1[N+](=O)[O-]. The third kappa shape index (κ3) is 3.90. The minimum Gasteiger partial charge on any atom is -0.499 e. The fourth-order valence-electron chi connectivity index (χ4n) is 3.41. The molecule has 0 saturated heterocycles. The number of anilines is 1. The molecule has 158 valence electrons. The fraction of sp³-hybridized carbons (Fsp3) is 0.150. The number of nitro groups is 1. The molecule has 1 aromatic heterocycles. The van der Waals surface area contributed by atoms with Gasteiger partial charge in [0, 0.05) is 12.5 Å². The highest BCUT2D eigenvalue weighted by Crippen LogP contribution is 2.38. The van der Waals surface area contributed by atoms with Gasteiger partial charge in [-0.25, -0.2) is 0 Å². The van der Waals surface area contributed by atoms with Gasteiger partial charge in [0.25, 0.3) is 5.56 Å². The lowest BCUT2D eigenvalue weighted by molar-refractivity contribution is -0.385. The predicted octanol–water partition coefficient (Wildman–Crippen LogP) is 3.10. The Balaban J connectivity index is 1.86. The number of hydrogen-bond acceptors (Lipinski definition) is 9. The molecule has 1 unspecified atom stereocenters. The van der Waals surface area contributed by atoms with Gasteiger partial charge in [-0.3, -0.25) is 29.7 Å². The molecule has 31 heavy (non-hydrogen) atoms. The third-order valence-electron chi connectivity index (χ3n) is 4.82. The number of methoxy groups -OCH3 is 1. The molecule has 3 N–H and O–H groups in total. The molecule has 10 nitrogen and oxygen atoms in total. The van der Waals surface area contributed by atoms with E-state index >= 15 is 0 Å². The number of H-pyrrole nitrogens is 1. The number of aromatic nitrogens is 1. The minimum atomic E-state index is -0.737. The van der Waals surface area contributed by atoms with Crippen molar-refractivity contribution in [1.29, 1.82) is 0 Å². The summed E-state index contributed by atoms with van der Waals surface area (Å²) in [6, 6.07) is 11.2. The number of hydrogen-bond donors (Lipinski definition) is 3. The van der Waals surface area contributed by atoms with E-state index in [1.807, 2.05) is 12.1 Å². The van der Waals surface area contributed by atoms with Crippen LogP contribution in [-0.2, 0) is 0 Å². The monoisotopic (exact) mass is 440 g/mol. The molecule has 1 aliphatic rings. The average Bonchev–Trinajstić information content (AvgIpc) is 2.92. The number of benzene rings is 2. The Morgan fingerprint density at radius 3 is 2.74 bits per heavy atom. The number of aromatic hydroxyl groups is 1. The van der Waals surface area contributed by atoms with Crippen LogP contribution >= 0.6 is 11.3 Å². The number of aromatic amines is 1. The standard InChI is InChI=1S/C20H16N4O6S/c1-30-16-8-10(6-7-15(16)24(28)29)13-9-14(17-18(25)23-20(27)31-19(17)26)22-12-5-3-2-4-11(12)21-13/h2-8,13,21,26H,9H2,1H3,(H,23,25,27). The summed E-state index contributed by atoms with van der Waals surface area (Å²) in [5, 5.41) is 24.4. The lowest BCUT2D eigenvalue weighted by Crippen LogP contribution is -2.25. The van der Waals surface area contributed by atoms with Gasteiger partial charge in [-0.05, 0) is 41.2 Å². The van der Waals surface area contributed by atoms with E-state index in [4.69, 9.17) is 4.74 Å². The van der Waals surface area contributed by atoms with Crippen molar-refractivity contribution in [2.75, 3.05) is 12.4 Å². The number of aliphatic imine (C=N–C) groups is 1. The van der Waals surface area contributed by atoms with Crippen LogP contribution in [0.25, 0.3) is 0 Å². The van der Waals surface area contributed by atoms with Gasteiger partial charge < -0.3 is 15.2 Å². The van der Waals surface area contributed by atoms with Gasteiger partial charge >= 0.3 is 10.6 Å². The van der Waals surface area contributed by atoms with Crippen LogP contribution < -0.4 is 20.5 Å².